The molecule has 168 valence electrons. The van der Waals surface area contributed by atoms with Crippen LogP contribution in [0, 0.1) is 0 Å². The van der Waals surface area contributed by atoms with E-state index in [1.54, 1.807) is 13.8 Å². The molecule has 0 radical (unpaired) electrons. The van der Waals surface area contributed by atoms with Crippen molar-refractivity contribution in [2.24, 2.45) is 0 Å². The zero-order chi connectivity index (χ0) is 22.9. The van der Waals surface area contributed by atoms with Gasteiger partial charge in [-0.1, -0.05) is 44.2 Å². The minimum atomic E-state index is -3.72. The molecule has 2 amide bonds. The molecule has 2 aromatic rings. The molecule has 0 saturated carbocycles. The minimum absolute atomic E-state index is 0.0164. The van der Waals surface area contributed by atoms with Crippen LogP contribution in [0.1, 0.15) is 36.2 Å². The Morgan fingerprint density at radius 3 is 2.29 bits per heavy atom. The first-order chi connectivity index (χ1) is 14.8. The normalized spacial score (nSPS) is 11.2. The first-order valence-electron chi connectivity index (χ1n) is 10.1. The summed E-state index contributed by atoms with van der Waals surface area (Å²) in [4.78, 5) is 24.7. The van der Waals surface area contributed by atoms with E-state index in [-0.39, 0.29) is 35.1 Å². The summed E-state index contributed by atoms with van der Waals surface area (Å²) < 4.78 is 32.1. The molecule has 0 aliphatic rings. The lowest BCUT2D eigenvalue weighted by Gasteiger charge is -2.19. The molecule has 0 saturated heterocycles. The molecule has 31 heavy (non-hydrogen) atoms. The van der Waals surface area contributed by atoms with Gasteiger partial charge in [0.25, 0.3) is 5.91 Å². The summed E-state index contributed by atoms with van der Waals surface area (Å²) in [6.45, 7) is 4.67. The van der Waals surface area contributed by atoms with Crippen LogP contribution in [0.15, 0.2) is 53.4 Å². The van der Waals surface area contributed by atoms with Crippen molar-refractivity contribution in [3.8, 4) is 5.75 Å². The molecule has 2 rings (SSSR count). The van der Waals surface area contributed by atoms with Crippen LogP contribution in [0.3, 0.4) is 0 Å². The van der Waals surface area contributed by atoms with E-state index in [1.165, 1.54) is 29.6 Å². The molecular formula is C22H29N3O5S. The first-order valence-corrected chi connectivity index (χ1v) is 11.5. The maximum Gasteiger partial charge on any atom is 0.255 e. The van der Waals surface area contributed by atoms with E-state index >= 15 is 0 Å². The maximum absolute atomic E-state index is 12.8. The largest absolute Gasteiger partial charge is 0.496 e. The van der Waals surface area contributed by atoms with Crippen LogP contribution < -0.4 is 15.4 Å². The van der Waals surface area contributed by atoms with Gasteiger partial charge in [0, 0.05) is 32.6 Å². The van der Waals surface area contributed by atoms with Crippen LogP contribution >= 0.6 is 0 Å². The highest BCUT2D eigenvalue weighted by Gasteiger charge is 2.24. The van der Waals surface area contributed by atoms with Crippen LogP contribution in [0.25, 0.3) is 0 Å². The van der Waals surface area contributed by atoms with Gasteiger partial charge in [0.05, 0.1) is 17.6 Å². The molecule has 0 heterocycles. The maximum atomic E-state index is 12.8. The summed E-state index contributed by atoms with van der Waals surface area (Å²) >= 11 is 0. The number of amides is 2. The smallest absolute Gasteiger partial charge is 0.255 e. The van der Waals surface area contributed by atoms with Gasteiger partial charge in [0.15, 0.2) is 0 Å². The molecule has 0 bridgehead atoms. The van der Waals surface area contributed by atoms with Gasteiger partial charge in [-0.15, -0.1) is 0 Å². The van der Waals surface area contributed by atoms with E-state index in [1.807, 2.05) is 30.3 Å². The zero-order valence-corrected chi connectivity index (χ0v) is 18.9. The number of hydrogen-bond acceptors (Lipinski definition) is 5. The van der Waals surface area contributed by atoms with Crippen molar-refractivity contribution in [3.05, 3.63) is 59.7 Å². The van der Waals surface area contributed by atoms with Crippen LogP contribution in [-0.4, -0.2) is 51.3 Å². The second-order valence-electron chi connectivity index (χ2n) is 6.72. The number of methoxy groups -OCH3 is 1. The number of nitrogens with zero attached hydrogens (tertiary/aromatic N) is 1. The Balaban J connectivity index is 2.01. The third-order valence-corrected chi connectivity index (χ3v) is 6.77. The fourth-order valence-corrected chi connectivity index (χ4v) is 4.49. The lowest BCUT2D eigenvalue weighted by Crippen LogP contribution is -2.32. The number of rotatable bonds is 11. The number of ether oxygens (including phenoxy) is 1. The Bertz CT molecular complexity index is 989. The Kier molecular flexibility index (Phi) is 9.02. The van der Waals surface area contributed by atoms with E-state index in [2.05, 4.69) is 10.6 Å². The number of hydrogen-bond donors (Lipinski definition) is 2. The van der Waals surface area contributed by atoms with Crippen LogP contribution in [0.5, 0.6) is 5.75 Å². The van der Waals surface area contributed by atoms with Crippen molar-refractivity contribution >= 4 is 21.8 Å². The van der Waals surface area contributed by atoms with Gasteiger partial charge in [-0.05, 0) is 23.8 Å². The van der Waals surface area contributed by atoms with Gasteiger partial charge >= 0.3 is 0 Å². The van der Waals surface area contributed by atoms with E-state index in [0.717, 1.165) is 5.56 Å². The molecule has 0 spiro atoms. The van der Waals surface area contributed by atoms with Crippen molar-refractivity contribution < 1.29 is 22.7 Å². The van der Waals surface area contributed by atoms with E-state index < -0.39 is 15.9 Å². The topological polar surface area (TPSA) is 105 Å². The number of carbonyl (C=O) groups excluding carboxylic acids is 2. The lowest BCUT2D eigenvalue weighted by molar-refractivity contribution is -0.121. The summed E-state index contributed by atoms with van der Waals surface area (Å²) in [6.07, 6.45) is 0.0956. The summed E-state index contributed by atoms with van der Waals surface area (Å²) in [5, 5.41) is 5.44. The second kappa shape index (κ2) is 11.5. The van der Waals surface area contributed by atoms with Gasteiger partial charge in [0.2, 0.25) is 15.9 Å². The summed E-state index contributed by atoms with van der Waals surface area (Å²) in [5.74, 6) is -0.456. The van der Waals surface area contributed by atoms with Crippen LogP contribution in [0.2, 0.25) is 0 Å². The second-order valence-corrected chi connectivity index (χ2v) is 8.66. The van der Waals surface area contributed by atoms with Gasteiger partial charge in [-0.25, -0.2) is 8.42 Å². The van der Waals surface area contributed by atoms with Gasteiger partial charge in [-0.3, -0.25) is 9.59 Å². The minimum Gasteiger partial charge on any atom is -0.496 e. The molecule has 0 aliphatic heterocycles. The van der Waals surface area contributed by atoms with Crippen LogP contribution in [-0.2, 0) is 21.4 Å². The van der Waals surface area contributed by atoms with Crippen molar-refractivity contribution in [3.63, 3.8) is 0 Å². The summed E-state index contributed by atoms with van der Waals surface area (Å²) in [5.41, 5.74) is 1.08. The van der Waals surface area contributed by atoms with Gasteiger partial charge < -0.3 is 15.4 Å². The van der Waals surface area contributed by atoms with E-state index in [9.17, 15) is 18.0 Å². The van der Waals surface area contributed by atoms with E-state index in [0.29, 0.717) is 19.6 Å². The molecule has 0 atom stereocenters. The Morgan fingerprint density at radius 2 is 1.68 bits per heavy atom. The molecule has 2 aromatic carbocycles. The number of nitrogens with one attached hydrogen (secondary N) is 2. The SMILES string of the molecule is CCN(CC)S(=O)(=O)c1ccc(OC)c(C(=O)NCCC(=O)NCc2ccccc2)c1. The summed E-state index contributed by atoms with van der Waals surface area (Å²) in [6, 6.07) is 13.7. The third kappa shape index (κ3) is 6.53. The molecule has 8 nitrogen and oxygen atoms in total. The average Bonchev–Trinajstić information content (AvgIpc) is 2.78. The molecule has 2 N–H and O–H groups in total. The fraction of sp³-hybridized carbons (Fsp3) is 0.364. The highest BCUT2D eigenvalue weighted by Crippen LogP contribution is 2.24. The third-order valence-electron chi connectivity index (χ3n) is 4.73. The Labute approximate surface area is 183 Å². The van der Waals surface area contributed by atoms with Crippen molar-refractivity contribution in [2.75, 3.05) is 26.7 Å². The predicted molar refractivity (Wildman–Crippen MR) is 118 cm³/mol. The Morgan fingerprint density at radius 1 is 1.00 bits per heavy atom. The van der Waals surface area contributed by atoms with Crippen molar-refractivity contribution in [2.45, 2.75) is 31.7 Å². The molecule has 0 aliphatic carbocycles. The lowest BCUT2D eigenvalue weighted by atomic mass is 10.2. The van der Waals surface area contributed by atoms with Gasteiger partial charge in [-0.2, -0.15) is 4.31 Å². The fourth-order valence-electron chi connectivity index (χ4n) is 3.01. The highest BCUT2D eigenvalue weighted by atomic mass is 32.2. The van der Waals surface area contributed by atoms with E-state index in [4.69, 9.17) is 4.74 Å². The average molecular weight is 448 g/mol. The van der Waals surface area contributed by atoms with Gasteiger partial charge in [0.1, 0.15) is 5.75 Å². The molecule has 0 fully saturated rings. The summed E-state index contributed by atoms with van der Waals surface area (Å²) in [7, 11) is -2.31. The monoisotopic (exact) mass is 447 g/mol. The molecular weight excluding hydrogens is 418 g/mol. The zero-order valence-electron chi connectivity index (χ0n) is 18.1. The quantitative estimate of drug-likeness (QED) is 0.549. The molecule has 0 aromatic heterocycles. The standard InChI is InChI=1S/C22H29N3O5S/c1-4-25(5-2)31(28,29)18-11-12-20(30-3)19(15-18)22(27)23-14-13-21(26)24-16-17-9-7-6-8-10-17/h6-12,15H,4-5,13-14,16H2,1-3H3,(H,23,27)(H,24,26). The van der Waals surface area contributed by atoms with Crippen molar-refractivity contribution in [1.29, 1.82) is 0 Å². The van der Waals surface area contributed by atoms with Crippen molar-refractivity contribution in [1.82, 2.24) is 14.9 Å². The molecule has 9 heteroatoms. The predicted octanol–water partition coefficient (Wildman–Crippen LogP) is 2.16. The number of sulfonamides is 1. The van der Waals surface area contributed by atoms with Crippen LogP contribution in [0.4, 0.5) is 0 Å². The molecule has 0 unspecified atom stereocenters. The number of benzene rings is 2. The highest BCUT2D eigenvalue weighted by molar-refractivity contribution is 7.89. The number of carbonyl (C=O) groups is 2. The Hall–Kier alpha value is -2.91. The first kappa shape index (κ1) is 24.4.